The Bertz CT molecular complexity index is 807. The lowest BCUT2D eigenvalue weighted by molar-refractivity contribution is -0.124. The molecule has 4 amide bonds. The number of hydrogen-bond acceptors (Lipinski definition) is 6. The molecule has 2 aromatic rings. The molecular formula is C18H20N4O6. The summed E-state index contributed by atoms with van der Waals surface area (Å²) in [5, 5.41) is 2.35. The van der Waals surface area contributed by atoms with E-state index in [9.17, 15) is 19.2 Å². The molecule has 0 saturated heterocycles. The number of hydrogen-bond donors (Lipinski definition) is 4. The Morgan fingerprint density at radius 2 is 1.79 bits per heavy atom. The van der Waals surface area contributed by atoms with Crippen LogP contribution in [0.3, 0.4) is 0 Å². The molecule has 0 unspecified atom stereocenters. The minimum absolute atomic E-state index is 0.00601. The lowest BCUT2D eigenvalue weighted by Gasteiger charge is -2.18. The van der Waals surface area contributed by atoms with Gasteiger partial charge >= 0.3 is 12.0 Å². The first-order valence-corrected chi connectivity index (χ1v) is 8.35. The van der Waals surface area contributed by atoms with Crippen LogP contribution in [-0.2, 0) is 20.9 Å². The number of carbonyl (C=O) groups is 4. The van der Waals surface area contributed by atoms with Crippen molar-refractivity contribution in [2.24, 2.45) is 5.73 Å². The summed E-state index contributed by atoms with van der Waals surface area (Å²) in [6, 6.07) is 10.7. The molecule has 2 rings (SSSR count). The number of primary amides is 1. The predicted octanol–water partition coefficient (Wildman–Crippen LogP) is 0.601. The minimum atomic E-state index is -1.15. The highest BCUT2D eigenvalue weighted by Crippen LogP contribution is 2.03. The van der Waals surface area contributed by atoms with E-state index in [2.05, 4.69) is 16.2 Å². The number of nitrogens with two attached hydrogens (primary N) is 1. The maximum absolute atomic E-state index is 12.3. The van der Waals surface area contributed by atoms with Crippen molar-refractivity contribution in [3.05, 3.63) is 60.1 Å². The van der Waals surface area contributed by atoms with Gasteiger partial charge in [0, 0.05) is 6.42 Å². The summed E-state index contributed by atoms with van der Waals surface area (Å²) in [6.45, 7) is 0.00601. The zero-order valence-corrected chi connectivity index (χ0v) is 14.8. The van der Waals surface area contributed by atoms with Gasteiger partial charge in [0.1, 0.15) is 12.6 Å². The highest BCUT2D eigenvalue weighted by molar-refractivity contribution is 5.94. The number of hydrazine groups is 1. The Kier molecular flexibility index (Phi) is 7.58. The first-order chi connectivity index (χ1) is 13.5. The molecule has 1 heterocycles. The van der Waals surface area contributed by atoms with Crippen molar-refractivity contribution in [2.45, 2.75) is 25.5 Å². The Hall–Kier alpha value is -3.82. The first kappa shape index (κ1) is 20.5. The summed E-state index contributed by atoms with van der Waals surface area (Å²) in [5.41, 5.74) is 10.2. The lowest BCUT2D eigenvalue weighted by atomic mass is 10.1. The van der Waals surface area contributed by atoms with Crippen LogP contribution in [0.15, 0.2) is 53.1 Å². The van der Waals surface area contributed by atoms with Crippen molar-refractivity contribution in [3.8, 4) is 0 Å². The largest absolute Gasteiger partial charge is 0.459 e. The molecule has 0 aliphatic heterocycles. The molecule has 0 bridgehead atoms. The normalized spacial score (nSPS) is 11.1. The average Bonchev–Trinajstić information content (AvgIpc) is 3.23. The van der Waals surface area contributed by atoms with E-state index in [0.717, 1.165) is 5.56 Å². The monoisotopic (exact) mass is 388 g/mol. The smallest absolute Gasteiger partial charge is 0.408 e. The van der Waals surface area contributed by atoms with Crippen LogP contribution in [-0.4, -0.2) is 29.9 Å². The molecule has 1 aromatic heterocycles. The molecular weight excluding hydrogens is 368 g/mol. The standard InChI is InChI=1S/C18H20N4O6/c19-15(23)9-8-13(16(24)21-22-17(25)14-7-4-10-27-14)20-18(26)28-11-12-5-2-1-3-6-12/h1-7,10,13H,8-9,11H2,(H2,19,23)(H,20,26)(H,21,24)(H,22,25)/t13-/m0/s1. The number of alkyl carbamates (subject to hydrolysis) is 1. The van der Waals surface area contributed by atoms with Crippen LogP contribution in [0.5, 0.6) is 0 Å². The average molecular weight is 388 g/mol. The van der Waals surface area contributed by atoms with Gasteiger partial charge < -0.3 is 20.2 Å². The van der Waals surface area contributed by atoms with E-state index in [1.807, 2.05) is 6.07 Å². The lowest BCUT2D eigenvalue weighted by Crippen LogP contribution is -2.52. The maximum Gasteiger partial charge on any atom is 0.408 e. The zero-order chi connectivity index (χ0) is 20.4. The van der Waals surface area contributed by atoms with Crippen LogP contribution in [0.1, 0.15) is 29.0 Å². The molecule has 10 nitrogen and oxygen atoms in total. The van der Waals surface area contributed by atoms with Gasteiger partial charge in [-0.1, -0.05) is 30.3 Å². The van der Waals surface area contributed by atoms with Gasteiger partial charge in [-0.2, -0.15) is 0 Å². The van der Waals surface area contributed by atoms with Crippen LogP contribution in [0.2, 0.25) is 0 Å². The molecule has 0 fully saturated rings. The molecule has 0 spiro atoms. The van der Waals surface area contributed by atoms with Gasteiger partial charge in [-0.15, -0.1) is 0 Å². The predicted molar refractivity (Wildman–Crippen MR) is 96.3 cm³/mol. The molecule has 148 valence electrons. The van der Waals surface area contributed by atoms with E-state index in [-0.39, 0.29) is 25.2 Å². The van der Waals surface area contributed by atoms with Gasteiger partial charge in [0.2, 0.25) is 5.91 Å². The molecule has 5 N–H and O–H groups in total. The molecule has 0 aliphatic carbocycles. The third kappa shape index (κ3) is 6.83. The van der Waals surface area contributed by atoms with Gasteiger partial charge in [-0.3, -0.25) is 25.2 Å². The number of nitrogens with one attached hydrogen (secondary N) is 3. The Labute approximate surface area is 160 Å². The van der Waals surface area contributed by atoms with E-state index in [4.69, 9.17) is 14.9 Å². The molecule has 0 saturated carbocycles. The second-order valence-corrected chi connectivity index (χ2v) is 5.68. The van der Waals surface area contributed by atoms with Crippen molar-refractivity contribution in [1.29, 1.82) is 0 Å². The highest BCUT2D eigenvalue weighted by atomic mass is 16.5. The molecule has 28 heavy (non-hydrogen) atoms. The van der Waals surface area contributed by atoms with Gasteiger partial charge in [-0.05, 0) is 24.1 Å². The highest BCUT2D eigenvalue weighted by Gasteiger charge is 2.23. The Morgan fingerprint density at radius 1 is 1.04 bits per heavy atom. The number of ether oxygens (including phenoxy) is 1. The number of furan rings is 1. The molecule has 0 radical (unpaired) electrons. The van der Waals surface area contributed by atoms with E-state index in [0.29, 0.717) is 0 Å². The topological polar surface area (TPSA) is 153 Å². The summed E-state index contributed by atoms with van der Waals surface area (Å²) in [4.78, 5) is 47.0. The third-order valence-corrected chi connectivity index (χ3v) is 3.54. The fraction of sp³-hybridized carbons (Fsp3) is 0.222. The number of rotatable bonds is 8. The fourth-order valence-corrected chi connectivity index (χ4v) is 2.14. The van der Waals surface area contributed by atoms with Crippen LogP contribution >= 0.6 is 0 Å². The van der Waals surface area contributed by atoms with Crippen molar-refractivity contribution in [3.63, 3.8) is 0 Å². The van der Waals surface area contributed by atoms with Crippen molar-refractivity contribution in [2.75, 3.05) is 0 Å². The van der Waals surface area contributed by atoms with Crippen molar-refractivity contribution in [1.82, 2.24) is 16.2 Å². The molecule has 1 atom stereocenters. The van der Waals surface area contributed by atoms with Gasteiger partial charge in [0.05, 0.1) is 6.26 Å². The summed E-state index contributed by atoms with van der Waals surface area (Å²) in [5.74, 6) is -2.09. The molecule has 1 aromatic carbocycles. The fourth-order valence-electron chi connectivity index (χ4n) is 2.14. The van der Waals surface area contributed by atoms with Crippen LogP contribution in [0.25, 0.3) is 0 Å². The quantitative estimate of drug-likeness (QED) is 0.486. The minimum Gasteiger partial charge on any atom is -0.459 e. The molecule has 10 heteroatoms. The van der Waals surface area contributed by atoms with Crippen LogP contribution in [0, 0.1) is 0 Å². The van der Waals surface area contributed by atoms with Gasteiger partial charge in [0.15, 0.2) is 5.76 Å². The van der Waals surface area contributed by atoms with E-state index >= 15 is 0 Å². The summed E-state index contributed by atoms with van der Waals surface area (Å²) < 4.78 is 9.94. The van der Waals surface area contributed by atoms with E-state index in [1.165, 1.54) is 18.4 Å². The number of benzene rings is 1. The third-order valence-electron chi connectivity index (χ3n) is 3.54. The van der Waals surface area contributed by atoms with Crippen LogP contribution in [0.4, 0.5) is 4.79 Å². The number of carbonyl (C=O) groups excluding carboxylic acids is 4. The number of amides is 4. The first-order valence-electron chi connectivity index (χ1n) is 8.35. The summed E-state index contributed by atoms with van der Waals surface area (Å²) >= 11 is 0. The van der Waals surface area contributed by atoms with E-state index in [1.54, 1.807) is 24.3 Å². The molecule has 0 aliphatic rings. The Morgan fingerprint density at radius 3 is 2.43 bits per heavy atom. The summed E-state index contributed by atoms with van der Waals surface area (Å²) in [6.07, 6.45) is 0.226. The van der Waals surface area contributed by atoms with Gasteiger partial charge in [-0.25, -0.2) is 4.79 Å². The zero-order valence-electron chi connectivity index (χ0n) is 14.8. The van der Waals surface area contributed by atoms with E-state index < -0.39 is 29.9 Å². The SMILES string of the molecule is NC(=O)CC[C@H](NC(=O)OCc1ccccc1)C(=O)NNC(=O)c1ccco1. The second-order valence-electron chi connectivity index (χ2n) is 5.68. The summed E-state index contributed by atoms with van der Waals surface area (Å²) in [7, 11) is 0. The van der Waals surface area contributed by atoms with Crippen LogP contribution < -0.4 is 21.9 Å². The Balaban J connectivity index is 1.88. The maximum atomic E-state index is 12.3. The van der Waals surface area contributed by atoms with Crippen molar-refractivity contribution >= 4 is 23.8 Å². The van der Waals surface area contributed by atoms with Crippen molar-refractivity contribution < 1.29 is 28.3 Å². The van der Waals surface area contributed by atoms with Gasteiger partial charge in [0.25, 0.3) is 5.91 Å². The second kappa shape index (κ2) is 10.4.